The summed E-state index contributed by atoms with van der Waals surface area (Å²) in [6.07, 6.45) is 3.84. The summed E-state index contributed by atoms with van der Waals surface area (Å²) in [6.45, 7) is 4.84. The molecule has 0 aliphatic heterocycles. The molecule has 0 amide bonds. The van der Waals surface area contributed by atoms with Crippen molar-refractivity contribution in [2.45, 2.75) is 39.3 Å². The minimum Gasteiger partial charge on any atom is -0.508 e. The van der Waals surface area contributed by atoms with Gasteiger partial charge in [-0.25, -0.2) is 9.97 Å². The Morgan fingerprint density at radius 1 is 1.20 bits per heavy atom. The predicted molar refractivity (Wildman–Crippen MR) is 79.5 cm³/mol. The minimum absolute atomic E-state index is 0.319. The van der Waals surface area contributed by atoms with Crippen LogP contribution in [0.3, 0.4) is 0 Å². The number of hydrogen-bond donors (Lipinski definition) is 2. The lowest BCUT2D eigenvalue weighted by molar-refractivity contribution is 0.474. The predicted octanol–water partition coefficient (Wildman–Crippen LogP) is 2.60. The molecule has 20 heavy (non-hydrogen) atoms. The summed E-state index contributed by atoms with van der Waals surface area (Å²) in [7, 11) is 0. The monoisotopic (exact) mass is 271 g/mol. The number of rotatable bonds is 6. The molecule has 1 atom stereocenters. The van der Waals surface area contributed by atoms with Gasteiger partial charge in [0.25, 0.3) is 0 Å². The molecule has 0 aliphatic rings. The van der Waals surface area contributed by atoms with E-state index in [9.17, 15) is 5.11 Å². The zero-order valence-electron chi connectivity index (χ0n) is 12.0. The normalized spacial score (nSPS) is 12.3. The first kappa shape index (κ1) is 14.5. The molecule has 0 saturated heterocycles. The molecule has 1 unspecified atom stereocenters. The van der Waals surface area contributed by atoms with Gasteiger partial charge in [0.05, 0.1) is 5.69 Å². The Bertz CT molecular complexity index is 540. The molecular formula is C16H21N3O. The van der Waals surface area contributed by atoms with Crippen molar-refractivity contribution in [3.05, 3.63) is 53.6 Å². The van der Waals surface area contributed by atoms with Gasteiger partial charge in [-0.15, -0.1) is 0 Å². The van der Waals surface area contributed by atoms with Crippen molar-refractivity contribution >= 4 is 0 Å². The Labute approximate surface area is 119 Å². The first-order chi connectivity index (χ1) is 9.63. The van der Waals surface area contributed by atoms with Crippen LogP contribution in [0, 0.1) is 6.92 Å². The lowest BCUT2D eigenvalue weighted by Crippen LogP contribution is -2.26. The van der Waals surface area contributed by atoms with Crippen molar-refractivity contribution in [3.63, 3.8) is 0 Å². The number of phenolic OH excluding ortho intramolecular Hbond substituents is 1. The molecular weight excluding hydrogens is 250 g/mol. The third kappa shape index (κ3) is 4.63. The van der Waals surface area contributed by atoms with Crippen molar-refractivity contribution in [3.8, 4) is 5.75 Å². The van der Waals surface area contributed by atoms with Gasteiger partial charge >= 0.3 is 0 Å². The van der Waals surface area contributed by atoms with Gasteiger partial charge in [0.1, 0.15) is 11.6 Å². The number of aryl methyl sites for hydroxylation is 2. The molecule has 4 nitrogen and oxygen atoms in total. The maximum Gasteiger partial charge on any atom is 0.125 e. The Hall–Kier alpha value is -1.94. The molecule has 2 aromatic rings. The fourth-order valence-corrected chi connectivity index (χ4v) is 2.03. The van der Waals surface area contributed by atoms with Crippen molar-refractivity contribution in [1.82, 2.24) is 15.3 Å². The van der Waals surface area contributed by atoms with Crippen LogP contribution in [0.1, 0.15) is 30.4 Å². The molecule has 0 spiro atoms. The topological polar surface area (TPSA) is 58.0 Å². The largest absolute Gasteiger partial charge is 0.508 e. The van der Waals surface area contributed by atoms with Gasteiger partial charge in [-0.05, 0) is 50.5 Å². The van der Waals surface area contributed by atoms with Crippen molar-refractivity contribution in [2.75, 3.05) is 0 Å². The van der Waals surface area contributed by atoms with Crippen LogP contribution in [0.25, 0.3) is 0 Å². The molecule has 0 fully saturated rings. The minimum atomic E-state index is 0.319. The fourth-order valence-electron chi connectivity index (χ4n) is 2.03. The highest BCUT2D eigenvalue weighted by atomic mass is 16.3. The van der Waals surface area contributed by atoms with E-state index in [4.69, 9.17) is 0 Å². The standard InChI is InChI=1S/C16H21N3O/c1-12(3-4-14-5-7-16(20)8-6-14)18-11-15-9-10-17-13(2)19-15/h5-10,12,18,20H,3-4,11H2,1-2H3. The number of aromatic hydroxyl groups is 1. The van der Waals surface area contributed by atoms with E-state index in [1.807, 2.05) is 25.1 Å². The molecule has 0 bridgehead atoms. The number of hydrogen-bond acceptors (Lipinski definition) is 4. The van der Waals surface area contributed by atoms with Crippen LogP contribution < -0.4 is 5.32 Å². The first-order valence-corrected chi connectivity index (χ1v) is 6.93. The fraction of sp³-hybridized carbons (Fsp3) is 0.375. The summed E-state index contributed by atoms with van der Waals surface area (Å²) in [6, 6.07) is 9.76. The average Bonchev–Trinajstić information content (AvgIpc) is 2.45. The number of nitrogens with one attached hydrogen (secondary N) is 1. The maximum atomic E-state index is 9.24. The van der Waals surface area contributed by atoms with Gasteiger partial charge in [0.2, 0.25) is 0 Å². The number of phenols is 1. The van der Waals surface area contributed by atoms with Crippen LogP contribution in [0.5, 0.6) is 5.75 Å². The molecule has 1 aromatic heterocycles. The molecule has 1 heterocycles. The summed E-state index contributed by atoms with van der Waals surface area (Å²) in [4.78, 5) is 8.46. The van der Waals surface area contributed by atoms with E-state index in [1.54, 1.807) is 18.3 Å². The van der Waals surface area contributed by atoms with Crippen LogP contribution in [0.2, 0.25) is 0 Å². The lowest BCUT2D eigenvalue weighted by Gasteiger charge is -2.13. The van der Waals surface area contributed by atoms with E-state index in [2.05, 4.69) is 22.2 Å². The number of nitrogens with zero attached hydrogens (tertiary/aromatic N) is 2. The van der Waals surface area contributed by atoms with Gasteiger partial charge < -0.3 is 10.4 Å². The van der Waals surface area contributed by atoms with Crippen molar-refractivity contribution < 1.29 is 5.11 Å². The summed E-state index contributed by atoms with van der Waals surface area (Å²) < 4.78 is 0. The number of aromatic nitrogens is 2. The number of benzene rings is 1. The lowest BCUT2D eigenvalue weighted by atomic mass is 10.1. The van der Waals surface area contributed by atoms with Crippen molar-refractivity contribution in [2.24, 2.45) is 0 Å². The smallest absolute Gasteiger partial charge is 0.125 e. The second kappa shape index (κ2) is 7.01. The quantitative estimate of drug-likeness (QED) is 0.848. The van der Waals surface area contributed by atoms with Crippen LogP contribution in [-0.4, -0.2) is 21.1 Å². The average molecular weight is 271 g/mol. The zero-order chi connectivity index (χ0) is 14.4. The van der Waals surface area contributed by atoms with Gasteiger partial charge in [-0.1, -0.05) is 12.1 Å². The van der Waals surface area contributed by atoms with E-state index >= 15 is 0 Å². The molecule has 0 saturated carbocycles. The van der Waals surface area contributed by atoms with Crippen LogP contribution >= 0.6 is 0 Å². The highest BCUT2D eigenvalue weighted by molar-refractivity contribution is 5.25. The molecule has 0 aliphatic carbocycles. The van der Waals surface area contributed by atoms with Gasteiger partial charge in [0, 0.05) is 18.8 Å². The van der Waals surface area contributed by atoms with E-state index in [1.165, 1.54) is 5.56 Å². The molecule has 0 radical (unpaired) electrons. The molecule has 106 valence electrons. The van der Waals surface area contributed by atoms with E-state index in [0.717, 1.165) is 30.9 Å². The van der Waals surface area contributed by atoms with Crippen LogP contribution in [-0.2, 0) is 13.0 Å². The van der Waals surface area contributed by atoms with E-state index in [0.29, 0.717) is 11.8 Å². The SMILES string of the molecule is Cc1nccc(CNC(C)CCc2ccc(O)cc2)n1. The summed E-state index contributed by atoms with van der Waals surface area (Å²) >= 11 is 0. The second-order valence-electron chi connectivity index (χ2n) is 5.08. The highest BCUT2D eigenvalue weighted by Gasteiger charge is 2.03. The Balaban J connectivity index is 1.75. The molecule has 4 heteroatoms. The maximum absolute atomic E-state index is 9.24. The zero-order valence-corrected chi connectivity index (χ0v) is 12.0. The van der Waals surface area contributed by atoms with Gasteiger partial charge in [0.15, 0.2) is 0 Å². The Kier molecular flexibility index (Phi) is 5.07. The van der Waals surface area contributed by atoms with E-state index in [-0.39, 0.29) is 0 Å². The molecule has 2 N–H and O–H groups in total. The van der Waals surface area contributed by atoms with Gasteiger partial charge in [-0.2, -0.15) is 0 Å². The molecule has 2 rings (SSSR count). The third-order valence-electron chi connectivity index (χ3n) is 3.27. The Morgan fingerprint density at radius 2 is 1.95 bits per heavy atom. The third-order valence-corrected chi connectivity index (χ3v) is 3.27. The first-order valence-electron chi connectivity index (χ1n) is 6.93. The Morgan fingerprint density at radius 3 is 2.65 bits per heavy atom. The van der Waals surface area contributed by atoms with Crippen molar-refractivity contribution in [1.29, 1.82) is 0 Å². The van der Waals surface area contributed by atoms with Crippen LogP contribution in [0.4, 0.5) is 0 Å². The highest BCUT2D eigenvalue weighted by Crippen LogP contribution is 2.12. The summed E-state index contributed by atoms with van der Waals surface area (Å²) in [5.41, 5.74) is 2.27. The van der Waals surface area contributed by atoms with Gasteiger partial charge in [-0.3, -0.25) is 0 Å². The van der Waals surface area contributed by atoms with Crippen LogP contribution in [0.15, 0.2) is 36.5 Å². The second-order valence-corrected chi connectivity index (χ2v) is 5.08. The van der Waals surface area contributed by atoms with E-state index < -0.39 is 0 Å². The summed E-state index contributed by atoms with van der Waals surface area (Å²) in [5, 5.41) is 12.7. The summed E-state index contributed by atoms with van der Waals surface area (Å²) in [5.74, 6) is 1.13. The molecule has 1 aromatic carbocycles.